The van der Waals surface area contributed by atoms with Gasteiger partial charge in [0.25, 0.3) is 0 Å². The van der Waals surface area contributed by atoms with Crippen LogP contribution in [0.4, 0.5) is 10.1 Å². The first-order valence-electron chi connectivity index (χ1n) is 9.51. The lowest BCUT2D eigenvalue weighted by Gasteiger charge is -2.27. The first-order chi connectivity index (χ1) is 13.7. The van der Waals surface area contributed by atoms with Crippen molar-refractivity contribution >= 4 is 33.4 Å². The van der Waals surface area contributed by atoms with Crippen LogP contribution >= 0.6 is 11.8 Å². The van der Waals surface area contributed by atoms with Gasteiger partial charge in [0.1, 0.15) is 11.2 Å². The van der Waals surface area contributed by atoms with E-state index in [4.69, 9.17) is 0 Å². The van der Waals surface area contributed by atoms with Crippen molar-refractivity contribution < 1.29 is 17.6 Å². The SMILES string of the molecule is CCCS(=O)(=O)NC(C)c1ccc(N2C(=O)CSC2c2ccc(F)cc2)c(C)c1. The number of amides is 1. The minimum absolute atomic E-state index is 0.00290. The second kappa shape index (κ2) is 8.85. The molecule has 1 N–H and O–H groups in total. The van der Waals surface area contributed by atoms with Crippen LogP contribution in [0.1, 0.15) is 48.4 Å². The van der Waals surface area contributed by atoms with Crippen LogP contribution in [0, 0.1) is 12.7 Å². The van der Waals surface area contributed by atoms with Crippen molar-refractivity contribution in [2.75, 3.05) is 16.4 Å². The van der Waals surface area contributed by atoms with E-state index in [0.717, 1.165) is 22.4 Å². The molecule has 1 aliphatic heterocycles. The van der Waals surface area contributed by atoms with Gasteiger partial charge in [-0.2, -0.15) is 0 Å². The fourth-order valence-corrected chi connectivity index (χ4v) is 5.94. The molecule has 1 amide bonds. The summed E-state index contributed by atoms with van der Waals surface area (Å²) in [6.07, 6.45) is 0.555. The van der Waals surface area contributed by atoms with E-state index in [0.29, 0.717) is 12.2 Å². The first-order valence-corrected chi connectivity index (χ1v) is 12.2. The van der Waals surface area contributed by atoms with E-state index in [2.05, 4.69) is 4.72 Å². The van der Waals surface area contributed by atoms with Gasteiger partial charge in [0.05, 0.1) is 11.5 Å². The first kappa shape index (κ1) is 21.8. The van der Waals surface area contributed by atoms with Crippen LogP contribution in [0.2, 0.25) is 0 Å². The number of anilines is 1. The van der Waals surface area contributed by atoms with Gasteiger partial charge in [0, 0.05) is 11.7 Å². The predicted molar refractivity (Wildman–Crippen MR) is 116 cm³/mol. The summed E-state index contributed by atoms with van der Waals surface area (Å²) in [5.41, 5.74) is 3.36. The van der Waals surface area contributed by atoms with Gasteiger partial charge in [-0.3, -0.25) is 9.69 Å². The summed E-state index contributed by atoms with van der Waals surface area (Å²) in [5, 5.41) is -0.215. The maximum Gasteiger partial charge on any atom is 0.238 e. The molecule has 0 bridgehead atoms. The van der Waals surface area contributed by atoms with Crippen molar-refractivity contribution in [3.63, 3.8) is 0 Å². The average molecular weight is 437 g/mol. The molecule has 2 atom stereocenters. The lowest BCUT2D eigenvalue weighted by molar-refractivity contribution is -0.115. The molecule has 2 aromatic carbocycles. The Kier molecular flexibility index (Phi) is 6.65. The standard InChI is InChI=1S/C21H25FN2O3S2/c1-4-11-29(26,27)23-15(3)17-7-10-19(14(2)12-17)24-20(25)13-28-21(24)16-5-8-18(22)9-6-16/h5-10,12,15,21,23H,4,11,13H2,1-3H3. The van der Waals surface area contributed by atoms with E-state index in [9.17, 15) is 17.6 Å². The molecule has 5 nitrogen and oxygen atoms in total. The average Bonchev–Trinajstić information content (AvgIpc) is 3.03. The van der Waals surface area contributed by atoms with Crippen molar-refractivity contribution in [2.45, 2.75) is 38.6 Å². The molecule has 1 saturated heterocycles. The Morgan fingerprint density at radius 3 is 2.55 bits per heavy atom. The van der Waals surface area contributed by atoms with Crippen molar-refractivity contribution in [2.24, 2.45) is 0 Å². The maximum absolute atomic E-state index is 13.3. The third-order valence-corrected chi connectivity index (χ3v) is 7.70. The molecule has 1 aliphatic rings. The van der Waals surface area contributed by atoms with E-state index in [1.807, 2.05) is 32.0 Å². The van der Waals surface area contributed by atoms with Gasteiger partial charge in [-0.1, -0.05) is 31.2 Å². The highest BCUT2D eigenvalue weighted by molar-refractivity contribution is 8.00. The zero-order valence-electron chi connectivity index (χ0n) is 16.7. The number of hydrogen-bond acceptors (Lipinski definition) is 4. The topological polar surface area (TPSA) is 66.5 Å². The summed E-state index contributed by atoms with van der Waals surface area (Å²) in [4.78, 5) is 14.3. The second-order valence-corrected chi connectivity index (χ2v) is 10.1. The van der Waals surface area contributed by atoms with Crippen LogP contribution < -0.4 is 9.62 Å². The van der Waals surface area contributed by atoms with Gasteiger partial charge < -0.3 is 0 Å². The van der Waals surface area contributed by atoms with Gasteiger partial charge in [0.15, 0.2) is 0 Å². The summed E-state index contributed by atoms with van der Waals surface area (Å²) < 4.78 is 40.1. The van der Waals surface area contributed by atoms with E-state index in [1.54, 1.807) is 24.0 Å². The number of rotatable bonds is 7. The summed E-state index contributed by atoms with van der Waals surface area (Å²) >= 11 is 1.51. The molecular weight excluding hydrogens is 411 g/mol. The molecule has 2 aromatic rings. The molecule has 3 rings (SSSR count). The Morgan fingerprint density at radius 1 is 1.24 bits per heavy atom. The van der Waals surface area contributed by atoms with Crippen LogP contribution in [0.25, 0.3) is 0 Å². The van der Waals surface area contributed by atoms with Gasteiger partial charge in [-0.15, -0.1) is 11.8 Å². The highest BCUT2D eigenvalue weighted by atomic mass is 32.2. The minimum atomic E-state index is -3.32. The van der Waals surface area contributed by atoms with Crippen LogP contribution in [0.3, 0.4) is 0 Å². The number of benzene rings is 2. The number of thioether (sulfide) groups is 1. The smallest absolute Gasteiger partial charge is 0.238 e. The van der Waals surface area contributed by atoms with Crippen LogP contribution in [0.5, 0.6) is 0 Å². The molecule has 0 saturated carbocycles. The number of halogens is 1. The molecule has 2 unspecified atom stereocenters. The van der Waals surface area contributed by atoms with Crippen molar-refractivity contribution in [1.82, 2.24) is 4.72 Å². The number of sulfonamides is 1. The third-order valence-electron chi connectivity index (χ3n) is 4.83. The highest BCUT2D eigenvalue weighted by Gasteiger charge is 2.35. The number of nitrogens with zero attached hydrogens (tertiary/aromatic N) is 1. The predicted octanol–water partition coefficient (Wildman–Crippen LogP) is 4.30. The highest BCUT2D eigenvalue weighted by Crippen LogP contribution is 2.43. The Bertz CT molecular complexity index is 993. The molecule has 0 aliphatic carbocycles. The van der Waals surface area contributed by atoms with Gasteiger partial charge in [-0.25, -0.2) is 17.5 Å². The molecule has 1 fully saturated rings. The summed E-state index contributed by atoms with van der Waals surface area (Å²) in [6, 6.07) is 11.4. The van der Waals surface area contributed by atoms with Gasteiger partial charge in [0.2, 0.25) is 15.9 Å². The Morgan fingerprint density at radius 2 is 1.93 bits per heavy atom. The van der Waals surface area contributed by atoms with Crippen LogP contribution in [0.15, 0.2) is 42.5 Å². The van der Waals surface area contributed by atoms with Gasteiger partial charge >= 0.3 is 0 Å². The van der Waals surface area contributed by atoms with E-state index in [-0.39, 0.29) is 28.9 Å². The molecule has 1 heterocycles. The zero-order valence-corrected chi connectivity index (χ0v) is 18.3. The fraction of sp³-hybridized carbons (Fsp3) is 0.381. The summed E-state index contributed by atoms with van der Waals surface area (Å²) in [7, 11) is -3.32. The quantitative estimate of drug-likeness (QED) is 0.703. The molecule has 156 valence electrons. The monoisotopic (exact) mass is 436 g/mol. The van der Waals surface area contributed by atoms with E-state index >= 15 is 0 Å². The third kappa shape index (κ3) is 4.99. The molecule has 0 spiro atoms. The van der Waals surface area contributed by atoms with Crippen molar-refractivity contribution in [3.05, 3.63) is 65.0 Å². The maximum atomic E-state index is 13.3. The normalized spacial score (nSPS) is 18.3. The van der Waals surface area contributed by atoms with E-state index in [1.165, 1.54) is 23.9 Å². The lowest BCUT2D eigenvalue weighted by atomic mass is 10.0. The minimum Gasteiger partial charge on any atom is -0.295 e. The molecule has 8 heteroatoms. The second-order valence-electron chi connectivity index (χ2n) is 7.18. The Labute approximate surface area is 175 Å². The number of carbonyl (C=O) groups excluding carboxylic acids is 1. The van der Waals surface area contributed by atoms with Crippen LogP contribution in [-0.4, -0.2) is 25.8 Å². The summed E-state index contributed by atoms with van der Waals surface area (Å²) in [6.45, 7) is 5.54. The molecule has 0 radical (unpaired) electrons. The molecular formula is C21H25FN2O3S2. The largest absolute Gasteiger partial charge is 0.295 e. The molecule has 29 heavy (non-hydrogen) atoms. The van der Waals surface area contributed by atoms with E-state index < -0.39 is 10.0 Å². The number of carbonyl (C=O) groups is 1. The van der Waals surface area contributed by atoms with Crippen LogP contribution in [-0.2, 0) is 14.8 Å². The number of nitrogens with one attached hydrogen (secondary N) is 1. The summed E-state index contributed by atoms with van der Waals surface area (Å²) in [5.74, 6) is 0.135. The van der Waals surface area contributed by atoms with Crippen molar-refractivity contribution in [1.29, 1.82) is 0 Å². The van der Waals surface area contributed by atoms with Crippen molar-refractivity contribution in [3.8, 4) is 0 Å². The zero-order chi connectivity index (χ0) is 21.2. The number of aryl methyl sites for hydroxylation is 1. The Hall–Kier alpha value is -1.90. The number of hydrogen-bond donors (Lipinski definition) is 1. The lowest BCUT2D eigenvalue weighted by Crippen LogP contribution is -2.30. The fourth-order valence-electron chi connectivity index (χ4n) is 3.44. The van der Waals surface area contributed by atoms with Gasteiger partial charge in [-0.05, 0) is 55.2 Å². The Balaban J connectivity index is 1.86. The molecule has 0 aromatic heterocycles.